The standard InChI is InChI=1S/C21H39N3O13/c1-23-7-3-8(24-2)11(28)16(10(7)27)34-20-18-17(12(29)9(5-26)33-20)36-21(37-18)19(32)14(31)13(30)15(35-21)6(22)4-25/h6-20,23-32H,3-5,22H2,1-2H3/t6-,7+,8+,9-,10-,11-,12+,13-,14+,15-,17-,18-,19-,20+,21+/m1/s1. The second-order valence-electron chi connectivity index (χ2n) is 9.95. The normalized spacial score (nSPS) is 53.3. The number of hydrogen-bond donors (Lipinski definition) is 11. The zero-order valence-corrected chi connectivity index (χ0v) is 20.5. The van der Waals surface area contributed by atoms with Crippen LogP contribution in [-0.2, 0) is 23.7 Å². The van der Waals surface area contributed by atoms with Gasteiger partial charge in [-0.15, -0.1) is 0 Å². The summed E-state index contributed by atoms with van der Waals surface area (Å²) in [6.45, 7) is -1.31. The summed E-state index contributed by atoms with van der Waals surface area (Å²) in [5, 5.41) is 89.3. The van der Waals surface area contributed by atoms with E-state index in [9.17, 15) is 40.9 Å². The third kappa shape index (κ3) is 5.04. The molecule has 4 rings (SSSR count). The smallest absolute Gasteiger partial charge is 0.314 e. The lowest BCUT2D eigenvalue weighted by Gasteiger charge is -2.46. The van der Waals surface area contributed by atoms with Crippen LogP contribution in [0.5, 0.6) is 0 Å². The van der Waals surface area contributed by atoms with Gasteiger partial charge < -0.3 is 80.9 Å². The number of hydrogen-bond acceptors (Lipinski definition) is 16. The van der Waals surface area contributed by atoms with Crippen LogP contribution in [0.25, 0.3) is 0 Å². The minimum Gasteiger partial charge on any atom is -0.395 e. The summed E-state index contributed by atoms with van der Waals surface area (Å²) < 4.78 is 29.0. The van der Waals surface area contributed by atoms with Gasteiger partial charge in [-0.05, 0) is 20.5 Å². The van der Waals surface area contributed by atoms with Crippen LogP contribution in [0.1, 0.15) is 6.42 Å². The molecule has 0 unspecified atom stereocenters. The molecule has 3 aliphatic heterocycles. The molecule has 216 valence electrons. The lowest BCUT2D eigenvalue weighted by atomic mass is 9.83. The summed E-state index contributed by atoms with van der Waals surface area (Å²) in [6, 6.07) is -2.12. The van der Waals surface area contributed by atoms with E-state index < -0.39 is 111 Å². The van der Waals surface area contributed by atoms with Crippen molar-refractivity contribution in [3.05, 3.63) is 0 Å². The minimum atomic E-state index is -2.47. The van der Waals surface area contributed by atoms with Crippen molar-refractivity contribution in [3.8, 4) is 0 Å². The molecular formula is C21H39N3O13. The molecule has 16 heteroatoms. The SMILES string of the molecule is CN[C@H]1C[C@H](NC)[C@@H](O)C(O[C@@H]2O[C@H](CO)[C@H](O)[C@H]3O[C@@]4(O[C@@H]23)O[C@H]([C@H](N)CO)[C@H](O)[C@H](O)[C@H]4O)[C@@H]1O. The molecule has 3 saturated heterocycles. The molecule has 0 aromatic heterocycles. The van der Waals surface area contributed by atoms with Crippen LogP contribution in [-0.4, -0.2) is 166 Å². The Bertz CT molecular complexity index is 755. The maximum absolute atomic E-state index is 10.9. The summed E-state index contributed by atoms with van der Waals surface area (Å²) in [5.41, 5.74) is 5.81. The van der Waals surface area contributed by atoms with E-state index in [0.29, 0.717) is 6.42 Å². The van der Waals surface area contributed by atoms with Crippen LogP contribution < -0.4 is 16.4 Å². The molecular weight excluding hydrogens is 502 g/mol. The average Bonchev–Trinajstić information content (AvgIpc) is 3.29. The molecule has 16 nitrogen and oxygen atoms in total. The number of likely N-dealkylation sites (N-methyl/N-ethyl adjacent to an activating group) is 2. The van der Waals surface area contributed by atoms with Gasteiger partial charge in [0, 0.05) is 12.1 Å². The highest BCUT2D eigenvalue weighted by Gasteiger charge is 2.67. The second-order valence-corrected chi connectivity index (χ2v) is 9.95. The Labute approximate surface area is 212 Å². The molecule has 12 N–H and O–H groups in total. The maximum atomic E-state index is 10.9. The average molecular weight is 542 g/mol. The molecule has 0 aromatic carbocycles. The van der Waals surface area contributed by atoms with Crippen LogP contribution in [0.15, 0.2) is 0 Å². The fraction of sp³-hybridized carbons (Fsp3) is 1.00. The van der Waals surface area contributed by atoms with E-state index in [1.807, 2.05) is 0 Å². The molecule has 1 aliphatic carbocycles. The predicted molar refractivity (Wildman–Crippen MR) is 119 cm³/mol. The Hall–Kier alpha value is -0.640. The van der Waals surface area contributed by atoms with Crippen molar-refractivity contribution in [3.63, 3.8) is 0 Å². The van der Waals surface area contributed by atoms with Gasteiger partial charge in [0.15, 0.2) is 12.4 Å². The van der Waals surface area contributed by atoms with Crippen LogP contribution in [0.2, 0.25) is 0 Å². The molecule has 15 atom stereocenters. The number of aliphatic hydroxyl groups excluding tert-OH is 8. The fourth-order valence-corrected chi connectivity index (χ4v) is 5.48. The Morgan fingerprint density at radius 1 is 0.865 bits per heavy atom. The first-order chi connectivity index (χ1) is 17.5. The highest BCUT2D eigenvalue weighted by Crippen LogP contribution is 2.45. The van der Waals surface area contributed by atoms with Gasteiger partial charge in [-0.2, -0.15) is 0 Å². The summed E-state index contributed by atoms with van der Waals surface area (Å²) in [4.78, 5) is 0. The quantitative estimate of drug-likeness (QED) is 0.143. The van der Waals surface area contributed by atoms with E-state index in [1.54, 1.807) is 14.1 Å². The van der Waals surface area contributed by atoms with Crippen molar-refractivity contribution in [1.82, 2.24) is 10.6 Å². The largest absolute Gasteiger partial charge is 0.395 e. The maximum Gasteiger partial charge on any atom is 0.314 e. The molecule has 3 heterocycles. The lowest BCUT2D eigenvalue weighted by molar-refractivity contribution is -0.439. The Morgan fingerprint density at radius 3 is 2.00 bits per heavy atom. The summed E-state index contributed by atoms with van der Waals surface area (Å²) >= 11 is 0. The van der Waals surface area contributed by atoms with Gasteiger partial charge in [-0.3, -0.25) is 0 Å². The first-order valence-electron chi connectivity index (χ1n) is 12.3. The number of aliphatic hydroxyl groups is 8. The molecule has 4 aliphatic rings. The predicted octanol–water partition coefficient (Wildman–Crippen LogP) is -7.01. The lowest BCUT2D eigenvalue weighted by Crippen LogP contribution is -2.69. The molecule has 0 amide bonds. The van der Waals surface area contributed by atoms with E-state index >= 15 is 0 Å². The zero-order chi connectivity index (χ0) is 27.2. The monoisotopic (exact) mass is 541 g/mol. The van der Waals surface area contributed by atoms with Gasteiger partial charge in [-0.25, -0.2) is 0 Å². The van der Waals surface area contributed by atoms with Gasteiger partial charge in [0.05, 0.1) is 31.5 Å². The number of fused-ring (bicyclic) bond motifs is 1. The van der Waals surface area contributed by atoms with Crippen molar-refractivity contribution in [2.45, 2.75) is 104 Å². The highest BCUT2D eigenvalue weighted by molar-refractivity contribution is 5.05. The third-order valence-corrected chi connectivity index (χ3v) is 7.74. The van der Waals surface area contributed by atoms with E-state index in [1.165, 1.54) is 0 Å². The zero-order valence-electron chi connectivity index (χ0n) is 20.5. The van der Waals surface area contributed by atoms with Crippen LogP contribution in [0, 0.1) is 0 Å². The number of nitrogens with one attached hydrogen (secondary N) is 2. The Morgan fingerprint density at radius 2 is 1.46 bits per heavy atom. The number of ether oxygens (including phenoxy) is 5. The number of nitrogens with two attached hydrogens (primary N) is 1. The summed E-state index contributed by atoms with van der Waals surface area (Å²) in [5.74, 6) is -2.47. The molecule has 1 saturated carbocycles. The van der Waals surface area contributed by atoms with Crippen molar-refractivity contribution in [2.24, 2.45) is 5.73 Å². The first kappa shape index (κ1) is 29.3. The van der Waals surface area contributed by atoms with Crippen LogP contribution in [0.4, 0.5) is 0 Å². The van der Waals surface area contributed by atoms with Crippen molar-refractivity contribution >= 4 is 0 Å². The Kier molecular flexibility index (Phi) is 9.09. The van der Waals surface area contributed by atoms with E-state index in [-0.39, 0.29) is 0 Å². The van der Waals surface area contributed by atoms with Crippen LogP contribution in [0.3, 0.4) is 0 Å². The van der Waals surface area contributed by atoms with E-state index in [2.05, 4.69) is 10.6 Å². The number of rotatable bonds is 7. The highest BCUT2D eigenvalue weighted by atomic mass is 16.9. The van der Waals surface area contributed by atoms with Gasteiger partial charge in [0.2, 0.25) is 0 Å². The minimum absolute atomic E-state index is 0.389. The van der Waals surface area contributed by atoms with E-state index in [0.717, 1.165) is 0 Å². The van der Waals surface area contributed by atoms with Gasteiger partial charge in [-0.1, -0.05) is 0 Å². The topological polar surface area (TPSA) is 258 Å². The van der Waals surface area contributed by atoms with Crippen molar-refractivity contribution in [1.29, 1.82) is 0 Å². The van der Waals surface area contributed by atoms with Gasteiger partial charge >= 0.3 is 5.97 Å². The summed E-state index contributed by atoms with van der Waals surface area (Å²) in [7, 11) is 3.29. The molecule has 0 aromatic rings. The molecule has 1 spiro atoms. The second kappa shape index (κ2) is 11.5. The summed E-state index contributed by atoms with van der Waals surface area (Å²) in [6.07, 6.45) is -17.2. The van der Waals surface area contributed by atoms with E-state index in [4.69, 9.17) is 29.4 Å². The molecule has 0 bridgehead atoms. The van der Waals surface area contributed by atoms with Crippen molar-refractivity contribution in [2.75, 3.05) is 27.3 Å². The molecule has 37 heavy (non-hydrogen) atoms. The van der Waals surface area contributed by atoms with Crippen molar-refractivity contribution < 1.29 is 64.5 Å². The first-order valence-corrected chi connectivity index (χ1v) is 12.3. The van der Waals surface area contributed by atoms with Crippen LogP contribution >= 0.6 is 0 Å². The Balaban J connectivity index is 1.63. The fourth-order valence-electron chi connectivity index (χ4n) is 5.48. The molecule has 0 radical (unpaired) electrons. The third-order valence-electron chi connectivity index (χ3n) is 7.74. The van der Waals surface area contributed by atoms with Gasteiger partial charge in [0.1, 0.15) is 48.8 Å². The molecule has 4 fully saturated rings. The van der Waals surface area contributed by atoms with Gasteiger partial charge in [0.25, 0.3) is 0 Å².